The zero-order valence-corrected chi connectivity index (χ0v) is 17.4. The molecule has 0 saturated carbocycles. The smallest absolute Gasteiger partial charge is 0.235 e. The van der Waals surface area contributed by atoms with Crippen molar-refractivity contribution in [1.82, 2.24) is 20.2 Å². The first kappa shape index (κ1) is 20.1. The van der Waals surface area contributed by atoms with Crippen LogP contribution in [0.5, 0.6) is 5.75 Å². The highest BCUT2D eigenvalue weighted by Crippen LogP contribution is 2.39. The number of aromatic nitrogens is 2. The molecular formula is C23H26N4O3. The Kier molecular flexibility index (Phi) is 5.32. The number of allylic oxidation sites excluding steroid dienone is 1. The standard InChI is InChI=1S/C23H26N4O3/c1-24-11-9-13-19-15(5-4-6-17(19)28)25-21(13)22-14(10-12-27(2)3)20-16(26-22)7-8-18(29)23(20)30/h4-8,24-26,28H,9-12H2,1-3H3. The molecule has 0 unspecified atom stereocenters. The number of phenolic OH excluding ortho intramolecular Hbond substituents is 1. The highest BCUT2D eigenvalue weighted by atomic mass is 16.3. The highest BCUT2D eigenvalue weighted by Gasteiger charge is 2.30. The van der Waals surface area contributed by atoms with Gasteiger partial charge in [-0.3, -0.25) is 9.59 Å². The number of hydrogen-bond donors (Lipinski definition) is 4. The summed E-state index contributed by atoms with van der Waals surface area (Å²) in [5.74, 6) is -0.748. The fraction of sp³-hybridized carbons (Fsp3) is 0.304. The fourth-order valence-corrected chi connectivity index (χ4v) is 4.11. The summed E-state index contributed by atoms with van der Waals surface area (Å²) in [7, 11) is 5.84. The van der Waals surface area contributed by atoms with E-state index in [9.17, 15) is 14.7 Å². The van der Waals surface area contributed by atoms with Crippen molar-refractivity contribution in [1.29, 1.82) is 0 Å². The molecule has 0 atom stereocenters. The average Bonchev–Trinajstić information content (AvgIpc) is 3.26. The second-order valence-corrected chi connectivity index (χ2v) is 7.88. The molecule has 0 spiro atoms. The number of nitrogens with zero attached hydrogens (tertiary/aromatic N) is 1. The van der Waals surface area contributed by atoms with Crippen LogP contribution in [0.4, 0.5) is 0 Å². The van der Waals surface area contributed by atoms with Crippen LogP contribution in [0, 0.1) is 0 Å². The van der Waals surface area contributed by atoms with Crippen molar-refractivity contribution >= 4 is 28.5 Å². The van der Waals surface area contributed by atoms with Gasteiger partial charge in [-0.1, -0.05) is 6.07 Å². The number of aromatic hydroxyl groups is 1. The number of carbonyl (C=O) groups is 2. The van der Waals surface area contributed by atoms with Crippen molar-refractivity contribution in [3.05, 3.63) is 46.7 Å². The number of ketones is 2. The van der Waals surface area contributed by atoms with Gasteiger partial charge in [0.1, 0.15) is 5.75 Å². The van der Waals surface area contributed by atoms with Gasteiger partial charge >= 0.3 is 0 Å². The van der Waals surface area contributed by atoms with Crippen LogP contribution in [0.25, 0.3) is 28.4 Å². The summed E-state index contributed by atoms with van der Waals surface area (Å²) >= 11 is 0. The summed E-state index contributed by atoms with van der Waals surface area (Å²) in [6.07, 6.45) is 4.31. The van der Waals surface area contributed by atoms with Gasteiger partial charge in [0, 0.05) is 17.4 Å². The summed E-state index contributed by atoms with van der Waals surface area (Å²) in [5, 5.41) is 14.5. The van der Waals surface area contributed by atoms with E-state index in [1.807, 2.05) is 32.1 Å². The molecule has 0 aliphatic heterocycles. The molecule has 1 aliphatic carbocycles. The van der Waals surface area contributed by atoms with Crippen LogP contribution in [-0.4, -0.2) is 65.8 Å². The Balaban J connectivity index is 1.96. The van der Waals surface area contributed by atoms with E-state index in [1.165, 1.54) is 6.08 Å². The van der Waals surface area contributed by atoms with Gasteiger partial charge in [-0.2, -0.15) is 0 Å². The van der Waals surface area contributed by atoms with Crippen molar-refractivity contribution in [2.45, 2.75) is 12.8 Å². The molecule has 3 aromatic rings. The molecule has 156 valence electrons. The Bertz CT molecular complexity index is 1170. The van der Waals surface area contributed by atoms with Crippen LogP contribution in [0.15, 0.2) is 24.3 Å². The molecule has 4 N–H and O–H groups in total. The summed E-state index contributed by atoms with van der Waals surface area (Å²) in [4.78, 5) is 33.7. The van der Waals surface area contributed by atoms with Gasteiger partial charge < -0.3 is 25.3 Å². The number of rotatable bonds is 7. The van der Waals surface area contributed by atoms with E-state index in [2.05, 4.69) is 15.3 Å². The second-order valence-electron chi connectivity index (χ2n) is 7.88. The fourth-order valence-electron chi connectivity index (χ4n) is 4.11. The zero-order valence-electron chi connectivity index (χ0n) is 17.4. The van der Waals surface area contributed by atoms with E-state index in [0.717, 1.165) is 46.5 Å². The summed E-state index contributed by atoms with van der Waals surface area (Å²) in [6, 6.07) is 5.41. The van der Waals surface area contributed by atoms with Gasteiger partial charge in [-0.25, -0.2) is 0 Å². The number of phenols is 1. The Labute approximate surface area is 174 Å². The molecule has 1 aliphatic rings. The van der Waals surface area contributed by atoms with Crippen LogP contribution in [0.1, 0.15) is 27.2 Å². The van der Waals surface area contributed by atoms with Gasteiger partial charge in [0.15, 0.2) is 0 Å². The van der Waals surface area contributed by atoms with Crippen molar-refractivity contribution in [2.24, 2.45) is 0 Å². The van der Waals surface area contributed by atoms with Crippen LogP contribution < -0.4 is 5.32 Å². The molecule has 7 nitrogen and oxygen atoms in total. The number of Topliss-reactive ketones (excluding diaryl/α,β-unsaturated/α-hetero) is 1. The van der Waals surface area contributed by atoms with E-state index in [1.54, 1.807) is 18.2 Å². The maximum absolute atomic E-state index is 12.7. The number of H-pyrrole nitrogens is 2. The number of nitrogens with one attached hydrogen (secondary N) is 3. The molecule has 0 radical (unpaired) electrons. The zero-order chi connectivity index (χ0) is 21.4. The summed E-state index contributed by atoms with van der Waals surface area (Å²) < 4.78 is 0. The van der Waals surface area contributed by atoms with Crippen molar-refractivity contribution in [3.8, 4) is 17.1 Å². The Morgan fingerprint density at radius 2 is 1.80 bits per heavy atom. The van der Waals surface area contributed by atoms with Gasteiger partial charge in [0.05, 0.1) is 22.6 Å². The number of hydrogen-bond acceptors (Lipinski definition) is 5. The first-order valence-corrected chi connectivity index (χ1v) is 10.1. The first-order chi connectivity index (χ1) is 14.4. The topological polar surface area (TPSA) is 101 Å². The number of fused-ring (bicyclic) bond motifs is 2. The minimum absolute atomic E-state index is 0.221. The molecule has 0 saturated heterocycles. The van der Waals surface area contributed by atoms with E-state index in [4.69, 9.17) is 0 Å². The van der Waals surface area contributed by atoms with Gasteiger partial charge in [0.25, 0.3) is 0 Å². The predicted octanol–water partition coefficient (Wildman–Crippen LogP) is 2.51. The van der Waals surface area contributed by atoms with Crippen LogP contribution in [-0.2, 0) is 17.6 Å². The van der Waals surface area contributed by atoms with Crippen LogP contribution in [0.3, 0.4) is 0 Å². The maximum atomic E-state index is 12.7. The van der Waals surface area contributed by atoms with Crippen LogP contribution in [0.2, 0.25) is 0 Å². The lowest BCUT2D eigenvalue weighted by atomic mass is 9.93. The lowest BCUT2D eigenvalue weighted by Gasteiger charge is -2.13. The lowest BCUT2D eigenvalue weighted by molar-refractivity contribution is -0.110. The van der Waals surface area contributed by atoms with Gasteiger partial charge in [-0.15, -0.1) is 0 Å². The monoisotopic (exact) mass is 406 g/mol. The Morgan fingerprint density at radius 3 is 2.53 bits per heavy atom. The summed E-state index contributed by atoms with van der Waals surface area (Å²) in [5.41, 5.74) is 5.41. The number of carbonyl (C=O) groups excluding carboxylic acids is 2. The molecular weight excluding hydrogens is 380 g/mol. The van der Waals surface area contributed by atoms with Gasteiger partial charge in [0.2, 0.25) is 11.6 Å². The molecule has 2 aromatic heterocycles. The number of aromatic amines is 2. The third-order valence-electron chi connectivity index (χ3n) is 5.57. The van der Waals surface area contributed by atoms with E-state index in [-0.39, 0.29) is 5.75 Å². The normalized spacial score (nSPS) is 13.6. The minimum Gasteiger partial charge on any atom is -0.507 e. The largest absolute Gasteiger partial charge is 0.507 e. The van der Waals surface area contributed by atoms with Crippen molar-refractivity contribution < 1.29 is 14.7 Å². The molecule has 2 heterocycles. The van der Waals surface area contributed by atoms with Crippen LogP contribution >= 0.6 is 0 Å². The Hall–Kier alpha value is -3.16. The Morgan fingerprint density at radius 1 is 1.03 bits per heavy atom. The predicted molar refractivity (Wildman–Crippen MR) is 118 cm³/mol. The third kappa shape index (κ3) is 3.36. The third-order valence-corrected chi connectivity index (χ3v) is 5.57. The first-order valence-electron chi connectivity index (χ1n) is 10.1. The molecule has 1 aromatic carbocycles. The van der Waals surface area contributed by atoms with E-state index >= 15 is 0 Å². The number of benzene rings is 1. The average molecular weight is 406 g/mol. The molecule has 0 fully saturated rings. The van der Waals surface area contributed by atoms with Crippen molar-refractivity contribution in [2.75, 3.05) is 34.2 Å². The lowest BCUT2D eigenvalue weighted by Crippen LogP contribution is -2.20. The summed E-state index contributed by atoms with van der Waals surface area (Å²) in [6.45, 7) is 1.47. The molecule has 0 bridgehead atoms. The molecule has 4 rings (SSSR count). The molecule has 30 heavy (non-hydrogen) atoms. The van der Waals surface area contributed by atoms with Gasteiger partial charge in [-0.05, 0) is 75.9 Å². The SMILES string of the molecule is CNCCc1c(-c2[nH]c3c(c2CCN(C)C)C(=O)C(=O)C=C3)[nH]c2cccc(O)c12. The highest BCUT2D eigenvalue weighted by molar-refractivity contribution is 6.50. The second kappa shape index (κ2) is 7.93. The minimum atomic E-state index is -0.496. The molecule has 0 amide bonds. The van der Waals surface area contributed by atoms with E-state index in [0.29, 0.717) is 24.1 Å². The van der Waals surface area contributed by atoms with Crippen molar-refractivity contribution in [3.63, 3.8) is 0 Å². The number of likely N-dealkylation sites (N-methyl/N-ethyl adjacent to an activating group) is 2. The maximum Gasteiger partial charge on any atom is 0.235 e. The quantitative estimate of drug-likeness (QED) is 0.452. The van der Waals surface area contributed by atoms with E-state index < -0.39 is 11.6 Å². The molecule has 7 heteroatoms.